The SMILES string of the molecule is CCOC(=O)CNc1nn2c(=O)c3cc(Br)ccc3nc2c2ccccc12. The standard InChI is InChI=1S/C19H15BrN4O3/c1-2-27-16(25)10-21-17-12-5-3-4-6-13(12)18-22-15-8-7-11(20)9-14(15)19(26)24(18)23-17/h3-9H,2,10H2,1H3,(H,21,23). The number of hydrogen-bond acceptors (Lipinski definition) is 6. The van der Waals surface area contributed by atoms with Gasteiger partial charge in [-0.15, -0.1) is 5.10 Å². The number of ether oxygens (including phenoxy) is 1. The lowest BCUT2D eigenvalue weighted by Gasteiger charge is -2.12. The number of hydrogen-bond donors (Lipinski definition) is 1. The normalized spacial score (nSPS) is 11.2. The molecule has 4 aromatic rings. The Hall–Kier alpha value is -3.00. The fourth-order valence-electron chi connectivity index (χ4n) is 2.95. The van der Waals surface area contributed by atoms with E-state index in [2.05, 4.69) is 31.3 Å². The first-order valence-corrected chi connectivity index (χ1v) is 9.18. The van der Waals surface area contributed by atoms with Crippen molar-refractivity contribution in [2.45, 2.75) is 6.92 Å². The van der Waals surface area contributed by atoms with Crippen LogP contribution in [0.4, 0.5) is 5.82 Å². The molecule has 0 fully saturated rings. The molecule has 0 saturated heterocycles. The van der Waals surface area contributed by atoms with Crippen LogP contribution < -0.4 is 10.9 Å². The molecule has 0 unspecified atom stereocenters. The third kappa shape index (κ3) is 3.12. The highest BCUT2D eigenvalue weighted by molar-refractivity contribution is 9.10. The summed E-state index contributed by atoms with van der Waals surface area (Å²) in [4.78, 5) is 29.3. The summed E-state index contributed by atoms with van der Waals surface area (Å²) >= 11 is 3.38. The largest absolute Gasteiger partial charge is 0.465 e. The van der Waals surface area contributed by atoms with Crippen molar-refractivity contribution in [3.8, 4) is 0 Å². The first-order valence-electron chi connectivity index (χ1n) is 8.39. The molecule has 2 aromatic carbocycles. The predicted molar refractivity (Wildman–Crippen MR) is 107 cm³/mol. The van der Waals surface area contributed by atoms with E-state index >= 15 is 0 Å². The van der Waals surface area contributed by atoms with Crippen molar-refractivity contribution in [2.75, 3.05) is 18.5 Å². The Balaban J connectivity index is 1.98. The highest BCUT2D eigenvalue weighted by Crippen LogP contribution is 2.25. The Morgan fingerprint density at radius 2 is 1.96 bits per heavy atom. The van der Waals surface area contributed by atoms with E-state index in [0.29, 0.717) is 29.0 Å². The summed E-state index contributed by atoms with van der Waals surface area (Å²) in [6, 6.07) is 12.8. The molecule has 4 rings (SSSR count). The minimum absolute atomic E-state index is 0.0440. The first kappa shape index (κ1) is 17.4. The summed E-state index contributed by atoms with van der Waals surface area (Å²) in [5.41, 5.74) is 0.788. The van der Waals surface area contributed by atoms with Crippen LogP contribution in [0.5, 0.6) is 0 Å². The number of nitrogens with zero attached hydrogens (tertiary/aromatic N) is 3. The van der Waals surface area contributed by atoms with Gasteiger partial charge in [-0.05, 0) is 25.1 Å². The Morgan fingerprint density at radius 3 is 2.74 bits per heavy atom. The molecule has 27 heavy (non-hydrogen) atoms. The summed E-state index contributed by atoms with van der Waals surface area (Å²) < 4.78 is 7.00. The average molecular weight is 427 g/mol. The Labute approximate surface area is 162 Å². The minimum Gasteiger partial charge on any atom is -0.465 e. The zero-order chi connectivity index (χ0) is 19.0. The van der Waals surface area contributed by atoms with Crippen LogP contribution in [0.2, 0.25) is 0 Å². The van der Waals surface area contributed by atoms with Gasteiger partial charge in [0.2, 0.25) is 0 Å². The van der Waals surface area contributed by atoms with E-state index < -0.39 is 5.97 Å². The zero-order valence-corrected chi connectivity index (χ0v) is 16.0. The summed E-state index contributed by atoms with van der Waals surface area (Å²) in [5.74, 6) is 0.0285. The zero-order valence-electron chi connectivity index (χ0n) is 14.4. The molecule has 0 radical (unpaired) electrons. The molecule has 0 bridgehead atoms. The molecule has 7 nitrogen and oxygen atoms in total. The Morgan fingerprint density at radius 1 is 1.19 bits per heavy atom. The maximum absolute atomic E-state index is 13.0. The van der Waals surface area contributed by atoms with Crippen LogP contribution in [-0.4, -0.2) is 33.7 Å². The topological polar surface area (TPSA) is 85.6 Å². The van der Waals surface area contributed by atoms with Gasteiger partial charge in [0.05, 0.1) is 17.5 Å². The molecule has 0 aliphatic carbocycles. The van der Waals surface area contributed by atoms with Crippen molar-refractivity contribution in [2.24, 2.45) is 0 Å². The third-order valence-electron chi connectivity index (χ3n) is 4.14. The quantitative estimate of drug-likeness (QED) is 0.306. The molecular formula is C19H15BrN4O3. The molecule has 1 N–H and O–H groups in total. The molecule has 0 aliphatic heterocycles. The number of rotatable bonds is 4. The number of halogens is 1. The van der Waals surface area contributed by atoms with Gasteiger partial charge < -0.3 is 10.1 Å². The van der Waals surface area contributed by atoms with Gasteiger partial charge in [0.25, 0.3) is 5.56 Å². The Bertz CT molecular complexity index is 1250. The number of anilines is 1. The van der Waals surface area contributed by atoms with E-state index in [0.717, 1.165) is 15.2 Å². The number of carbonyl (C=O) groups is 1. The van der Waals surface area contributed by atoms with Crippen LogP contribution >= 0.6 is 15.9 Å². The van der Waals surface area contributed by atoms with Crippen LogP contribution in [0.15, 0.2) is 51.7 Å². The predicted octanol–water partition coefficient (Wildman–Crippen LogP) is 3.13. The van der Waals surface area contributed by atoms with Crippen molar-refractivity contribution >= 4 is 55.0 Å². The van der Waals surface area contributed by atoms with Crippen molar-refractivity contribution in [1.82, 2.24) is 14.6 Å². The Kier molecular flexibility index (Phi) is 4.49. The smallest absolute Gasteiger partial charge is 0.325 e. The van der Waals surface area contributed by atoms with Gasteiger partial charge >= 0.3 is 5.97 Å². The van der Waals surface area contributed by atoms with Crippen molar-refractivity contribution in [1.29, 1.82) is 0 Å². The second-order valence-electron chi connectivity index (χ2n) is 5.87. The van der Waals surface area contributed by atoms with E-state index in [1.807, 2.05) is 30.3 Å². The summed E-state index contributed by atoms with van der Waals surface area (Å²) in [6.45, 7) is 2.00. The molecule has 2 heterocycles. The highest BCUT2D eigenvalue weighted by atomic mass is 79.9. The maximum atomic E-state index is 13.0. The van der Waals surface area contributed by atoms with E-state index in [9.17, 15) is 9.59 Å². The van der Waals surface area contributed by atoms with Gasteiger partial charge in [0.15, 0.2) is 11.5 Å². The lowest BCUT2D eigenvalue weighted by atomic mass is 10.1. The molecule has 8 heteroatoms. The van der Waals surface area contributed by atoms with Crippen molar-refractivity contribution < 1.29 is 9.53 Å². The number of esters is 1. The van der Waals surface area contributed by atoms with Gasteiger partial charge in [0, 0.05) is 15.2 Å². The van der Waals surface area contributed by atoms with Crippen LogP contribution in [0.25, 0.3) is 27.3 Å². The van der Waals surface area contributed by atoms with Gasteiger partial charge in [-0.1, -0.05) is 40.2 Å². The average Bonchev–Trinajstić information content (AvgIpc) is 2.67. The van der Waals surface area contributed by atoms with Crippen LogP contribution in [0.1, 0.15) is 6.92 Å². The van der Waals surface area contributed by atoms with E-state index in [4.69, 9.17) is 4.74 Å². The number of nitrogens with one attached hydrogen (secondary N) is 1. The fraction of sp³-hybridized carbons (Fsp3) is 0.158. The lowest BCUT2D eigenvalue weighted by Crippen LogP contribution is -2.22. The minimum atomic E-state index is -0.392. The molecule has 2 aromatic heterocycles. The van der Waals surface area contributed by atoms with E-state index in [1.54, 1.807) is 19.1 Å². The highest BCUT2D eigenvalue weighted by Gasteiger charge is 2.14. The second kappa shape index (κ2) is 6.96. The van der Waals surface area contributed by atoms with Crippen LogP contribution in [0, 0.1) is 0 Å². The monoisotopic (exact) mass is 426 g/mol. The molecule has 0 atom stereocenters. The van der Waals surface area contributed by atoms with Crippen molar-refractivity contribution in [3.05, 3.63) is 57.3 Å². The number of fused-ring (bicyclic) bond motifs is 4. The molecule has 0 amide bonds. The van der Waals surface area contributed by atoms with E-state index in [1.165, 1.54) is 4.52 Å². The maximum Gasteiger partial charge on any atom is 0.325 e. The summed E-state index contributed by atoms with van der Waals surface area (Å²) in [5, 5.41) is 9.38. The van der Waals surface area contributed by atoms with Gasteiger partial charge in [-0.3, -0.25) is 9.59 Å². The molecular weight excluding hydrogens is 412 g/mol. The van der Waals surface area contributed by atoms with Gasteiger partial charge in [-0.2, -0.15) is 4.52 Å². The number of carbonyl (C=O) groups excluding carboxylic acids is 1. The summed E-state index contributed by atoms with van der Waals surface area (Å²) in [7, 11) is 0. The van der Waals surface area contributed by atoms with Crippen molar-refractivity contribution in [3.63, 3.8) is 0 Å². The summed E-state index contributed by atoms with van der Waals surface area (Å²) in [6.07, 6.45) is 0. The van der Waals surface area contributed by atoms with Crippen LogP contribution in [-0.2, 0) is 9.53 Å². The number of aromatic nitrogens is 3. The van der Waals surface area contributed by atoms with E-state index in [-0.39, 0.29) is 12.1 Å². The first-order chi connectivity index (χ1) is 13.1. The lowest BCUT2D eigenvalue weighted by molar-refractivity contribution is -0.140. The molecule has 0 spiro atoms. The molecule has 136 valence electrons. The van der Waals surface area contributed by atoms with Gasteiger partial charge in [0.1, 0.15) is 6.54 Å². The van der Waals surface area contributed by atoms with Crippen LogP contribution in [0.3, 0.4) is 0 Å². The fourth-order valence-corrected chi connectivity index (χ4v) is 3.31. The molecule has 0 aliphatic rings. The second-order valence-corrected chi connectivity index (χ2v) is 6.78. The van der Waals surface area contributed by atoms with Gasteiger partial charge in [-0.25, -0.2) is 4.98 Å². The molecule has 0 saturated carbocycles. The third-order valence-corrected chi connectivity index (χ3v) is 4.63. The number of benzene rings is 2.